The van der Waals surface area contributed by atoms with Crippen LogP contribution in [0.4, 0.5) is 20.6 Å². The lowest BCUT2D eigenvalue weighted by atomic mass is 9.99. The number of urea groups is 1. The van der Waals surface area contributed by atoms with Gasteiger partial charge in [0, 0.05) is 31.6 Å². The number of piperidine rings is 1. The smallest absolute Gasteiger partial charge is 0.321 e. The average molecular weight is 304 g/mol. The summed E-state index contributed by atoms with van der Waals surface area (Å²) in [5.41, 5.74) is 0.422. The average Bonchev–Trinajstić information content (AvgIpc) is 2.50. The summed E-state index contributed by atoms with van der Waals surface area (Å²) in [6.45, 7) is 2.29. The van der Waals surface area contributed by atoms with Gasteiger partial charge in [-0.2, -0.15) is 5.26 Å². The van der Waals surface area contributed by atoms with E-state index in [1.807, 2.05) is 0 Å². The van der Waals surface area contributed by atoms with Gasteiger partial charge in [-0.1, -0.05) is 0 Å². The number of anilines is 2. The van der Waals surface area contributed by atoms with Crippen LogP contribution in [0.2, 0.25) is 0 Å². The molecule has 0 unspecified atom stereocenters. The highest BCUT2D eigenvalue weighted by atomic mass is 19.1. The third-order valence-electron chi connectivity index (χ3n) is 3.49. The number of hydrogen-bond acceptors (Lipinski definition) is 3. The SMILES string of the molecule is CC(=O)Nc1ccc(F)c(NC(=O)N2CCC(C#N)CC2)c1. The molecule has 1 aromatic carbocycles. The molecule has 116 valence electrons. The molecule has 0 saturated carbocycles. The predicted octanol–water partition coefficient (Wildman–Crippen LogP) is 2.55. The molecular weight excluding hydrogens is 287 g/mol. The summed E-state index contributed by atoms with van der Waals surface area (Å²) in [4.78, 5) is 24.7. The van der Waals surface area contributed by atoms with Gasteiger partial charge in [-0.25, -0.2) is 9.18 Å². The Morgan fingerprint density at radius 2 is 2.00 bits per heavy atom. The van der Waals surface area contributed by atoms with Crippen molar-refractivity contribution in [1.82, 2.24) is 4.90 Å². The standard InChI is InChI=1S/C15H17FN4O2/c1-10(21)18-12-2-3-13(16)14(8-12)19-15(22)20-6-4-11(9-17)5-7-20/h2-3,8,11H,4-7H2,1H3,(H,18,21)(H,19,22). The van der Waals surface area contributed by atoms with Crippen molar-refractivity contribution in [2.75, 3.05) is 23.7 Å². The van der Waals surface area contributed by atoms with Crippen molar-refractivity contribution >= 4 is 23.3 Å². The molecule has 0 aliphatic carbocycles. The van der Waals surface area contributed by atoms with Gasteiger partial charge in [-0.05, 0) is 31.0 Å². The van der Waals surface area contributed by atoms with E-state index >= 15 is 0 Å². The summed E-state index contributed by atoms with van der Waals surface area (Å²) >= 11 is 0. The fraction of sp³-hybridized carbons (Fsp3) is 0.400. The van der Waals surface area contributed by atoms with E-state index in [2.05, 4.69) is 16.7 Å². The molecule has 1 aliphatic rings. The second-order valence-electron chi connectivity index (χ2n) is 5.20. The molecule has 22 heavy (non-hydrogen) atoms. The number of nitriles is 1. The van der Waals surface area contributed by atoms with Gasteiger partial charge >= 0.3 is 6.03 Å². The Bertz CT molecular complexity index is 618. The third-order valence-corrected chi connectivity index (χ3v) is 3.49. The fourth-order valence-corrected chi connectivity index (χ4v) is 2.31. The van der Waals surface area contributed by atoms with Gasteiger partial charge < -0.3 is 15.5 Å². The van der Waals surface area contributed by atoms with E-state index in [0.717, 1.165) is 0 Å². The first-order valence-corrected chi connectivity index (χ1v) is 7.02. The normalized spacial score (nSPS) is 15.0. The zero-order valence-electron chi connectivity index (χ0n) is 12.2. The van der Waals surface area contributed by atoms with Crippen molar-refractivity contribution in [2.24, 2.45) is 5.92 Å². The summed E-state index contributed by atoms with van der Waals surface area (Å²) in [6, 6.07) is 5.76. The Labute approximate surface area is 127 Å². The number of likely N-dealkylation sites (tertiary alicyclic amines) is 1. The van der Waals surface area contributed by atoms with Crippen LogP contribution in [0, 0.1) is 23.1 Å². The van der Waals surface area contributed by atoms with E-state index in [-0.39, 0.29) is 17.5 Å². The monoisotopic (exact) mass is 304 g/mol. The molecule has 7 heteroatoms. The van der Waals surface area contributed by atoms with Gasteiger partial charge in [0.2, 0.25) is 5.91 Å². The minimum Gasteiger partial charge on any atom is -0.326 e. The van der Waals surface area contributed by atoms with E-state index in [0.29, 0.717) is 31.6 Å². The van der Waals surface area contributed by atoms with Crippen molar-refractivity contribution in [2.45, 2.75) is 19.8 Å². The molecular formula is C15H17FN4O2. The number of benzene rings is 1. The van der Waals surface area contributed by atoms with Crippen LogP contribution in [0.5, 0.6) is 0 Å². The Hall–Kier alpha value is -2.62. The van der Waals surface area contributed by atoms with E-state index in [1.54, 1.807) is 4.90 Å². The molecule has 2 rings (SSSR count). The molecule has 3 amide bonds. The van der Waals surface area contributed by atoms with Gasteiger partial charge in [0.15, 0.2) is 0 Å². The van der Waals surface area contributed by atoms with Crippen molar-refractivity contribution in [3.05, 3.63) is 24.0 Å². The van der Waals surface area contributed by atoms with Crippen LogP contribution in [0.15, 0.2) is 18.2 Å². The van der Waals surface area contributed by atoms with Crippen LogP contribution < -0.4 is 10.6 Å². The summed E-state index contributed by atoms with van der Waals surface area (Å²) in [6.07, 6.45) is 1.25. The van der Waals surface area contributed by atoms with Crippen molar-refractivity contribution in [3.8, 4) is 6.07 Å². The fourth-order valence-electron chi connectivity index (χ4n) is 2.31. The van der Waals surface area contributed by atoms with Gasteiger partial charge in [-0.3, -0.25) is 4.79 Å². The lowest BCUT2D eigenvalue weighted by Gasteiger charge is -2.29. The summed E-state index contributed by atoms with van der Waals surface area (Å²) in [5, 5.41) is 13.9. The Morgan fingerprint density at radius 1 is 1.32 bits per heavy atom. The maximum atomic E-state index is 13.8. The number of carbonyl (C=O) groups is 2. The van der Waals surface area contributed by atoms with E-state index in [4.69, 9.17) is 5.26 Å². The molecule has 1 heterocycles. The molecule has 1 saturated heterocycles. The van der Waals surface area contributed by atoms with Crippen molar-refractivity contribution in [3.63, 3.8) is 0 Å². The van der Waals surface area contributed by atoms with Crippen LogP contribution in [0.25, 0.3) is 0 Å². The van der Waals surface area contributed by atoms with Crippen LogP contribution in [-0.4, -0.2) is 29.9 Å². The van der Waals surface area contributed by atoms with E-state index < -0.39 is 11.8 Å². The zero-order chi connectivity index (χ0) is 16.1. The molecule has 1 aliphatic heterocycles. The highest BCUT2D eigenvalue weighted by Gasteiger charge is 2.23. The van der Waals surface area contributed by atoms with E-state index in [9.17, 15) is 14.0 Å². The topological polar surface area (TPSA) is 85.2 Å². The van der Waals surface area contributed by atoms with Crippen LogP contribution >= 0.6 is 0 Å². The first-order chi connectivity index (χ1) is 10.5. The number of carbonyl (C=O) groups excluding carboxylic acids is 2. The Morgan fingerprint density at radius 3 is 2.59 bits per heavy atom. The minimum absolute atomic E-state index is 0.0126. The number of halogens is 1. The number of amides is 3. The van der Waals surface area contributed by atoms with Crippen LogP contribution in [0.3, 0.4) is 0 Å². The van der Waals surface area contributed by atoms with Gasteiger partial charge in [0.25, 0.3) is 0 Å². The lowest BCUT2D eigenvalue weighted by molar-refractivity contribution is -0.114. The number of nitrogens with one attached hydrogen (secondary N) is 2. The maximum Gasteiger partial charge on any atom is 0.321 e. The first-order valence-electron chi connectivity index (χ1n) is 7.02. The number of hydrogen-bond donors (Lipinski definition) is 2. The summed E-state index contributed by atoms with van der Waals surface area (Å²) < 4.78 is 13.8. The molecule has 1 fully saturated rings. The lowest BCUT2D eigenvalue weighted by Crippen LogP contribution is -2.41. The number of rotatable bonds is 2. The molecule has 0 bridgehead atoms. The first kappa shape index (κ1) is 15.8. The van der Waals surface area contributed by atoms with Crippen molar-refractivity contribution in [1.29, 1.82) is 5.26 Å². The second-order valence-corrected chi connectivity index (χ2v) is 5.20. The summed E-state index contributed by atoms with van der Waals surface area (Å²) in [5.74, 6) is -0.874. The highest BCUT2D eigenvalue weighted by molar-refractivity contribution is 5.92. The zero-order valence-corrected chi connectivity index (χ0v) is 12.2. The molecule has 0 atom stereocenters. The Kier molecular flexibility index (Phi) is 4.94. The minimum atomic E-state index is -0.575. The predicted molar refractivity (Wildman–Crippen MR) is 79.6 cm³/mol. The van der Waals surface area contributed by atoms with Gasteiger partial charge in [0.05, 0.1) is 11.8 Å². The van der Waals surface area contributed by atoms with E-state index in [1.165, 1.54) is 25.1 Å². The molecule has 1 aromatic rings. The second kappa shape index (κ2) is 6.89. The molecule has 0 spiro atoms. The van der Waals surface area contributed by atoms with Crippen molar-refractivity contribution < 1.29 is 14.0 Å². The molecule has 0 radical (unpaired) electrons. The third kappa shape index (κ3) is 3.95. The van der Waals surface area contributed by atoms with Crippen LogP contribution in [0.1, 0.15) is 19.8 Å². The number of nitrogens with zero attached hydrogens (tertiary/aromatic N) is 2. The maximum absolute atomic E-state index is 13.8. The summed E-state index contributed by atoms with van der Waals surface area (Å²) in [7, 11) is 0. The highest BCUT2D eigenvalue weighted by Crippen LogP contribution is 2.21. The van der Waals surface area contributed by atoms with Gasteiger partial charge in [-0.15, -0.1) is 0 Å². The quantitative estimate of drug-likeness (QED) is 0.880. The molecule has 2 N–H and O–H groups in total. The molecule has 0 aromatic heterocycles. The van der Waals surface area contributed by atoms with Crippen LogP contribution in [-0.2, 0) is 4.79 Å². The molecule has 6 nitrogen and oxygen atoms in total. The van der Waals surface area contributed by atoms with Gasteiger partial charge in [0.1, 0.15) is 5.82 Å². The largest absolute Gasteiger partial charge is 0.326 e. The Balaban J connectivity index is 2.02.